The molecule has 0 saturated carbocycles. The van der Waals surface area contributed by atoms with Gasteiger partial charge >= 0.3 is 6.09 Å². The first kappa shape index (κ1) is 13.6. The van der Waals surface area contributed by atoms with Crippen LogP contribution in [0, 0.1) is 0 Å². The molecule has 0 aromatic heterocycles. The molecular formula is C14H21NO2. The molecule has 17 heavy (non-hydrogen) atoms. The lowest BCUT2D eigenvalue weighted by Crippen LogP contribution is -2.25. The molecule has 94 valence electrons. The maximum absolute atomic E-state index is 11.3. The Hall–Kier alpha value is -1.51. The lowest BCUT2D eigenvalue weighted by Gasteiger charge is -2.06. The van der Waals surface area contributed by atoms with Gasteiger partial charge in [0.15, 0.2) is 0 Å². The van der Waals surface area contributed by atoms with Crippen molar-refractivity contribution in [3.05, 3.63) is 35.9 Å². The highest BCUT2D eigenvalue weighted by atomic mass is 16.5. The Balaban J connectivity index is 2.05. The van der Waals surface area contributed by atoms with Gasteiger partial charge < -0.3 is 10.1 Å². The summed E-state index contributed by atoms with van der Waals surface area (Å²) < 4.78 is 5.08. The molecule has 1 amide bonds. The van der Waals surface area contributed by atoms with Gasteiger partial charge in [-0.05, 0) is 12.0 Å². The van der Waals surface area contributed by atoms with E-state index in [1.807, 2.05) is 30.3 Å². The zero-order valence-corrected chi connectivity index (χ0v) is 10.4. The molecule has 0 fully saturated rings. The second-order valence-corrected chi connectivity index (χ2v) is 4.05. The van der Waals surface area contributed by atoms with Crippen molar-refractivity contribution in [3.63, 3.8) is 0 Å². The van der Waals surface area contributed by atoms with Gasteiger partial charge in [-0.25, -0.2) is 4.79 Å². The minimum atomic E-state index is -0.328. The molecule has 3 heteroatoms. The molecule has 1 aromatic carbocycles. The molecule has 0 saturated heterocycles. The van der Waals surface area contributed by atoms with Crippen LogP contribution in [0.25, 0.3) is 0 Å². The average molecular weight is 235 g/mol. The summed E-state index contributed by atoms with van der Waals surface area (Å²) in [6.45, 7) is 3.21. The number of hydrogen-bond acceptors (Lipinski definition) is 2. The second-order valence-electron chi connectivity index (χ2n) is 4.05. The van der Waals surface area contributed by atoms with E-state index < -0.39 is 0 Å². The molecule has 0 atom stereocenters. The van der Waals surface area contributed by atoms with Crippen molar-refractivity contribution in [2.75, 3.05) is 6.54 Å². The molecule has 0 spiro atoms. The van der Waals surface area contributed by atoms with Crippen molar-refractivity contribution in [2.24, 2.45) is 0 Å². The third kappa shape index (κ3) is 6.61. The molecule has 0 bridgehead atoms. The Morgan fingerprint density at radius 3 is 2.65 bits per heavy atom. The monoisotopic (exact) mass is 235 g/mol. The van der Waals surface area contributed by atoms with Crippen LogP contribution in [0.3, 0.4) is 0 Å². The molecule has 0 aliphatic heterocycles. The van der Waals surface area contributed by atoms with E-state index in [2.05, 4.69) is 12.2 Å². The van der Waals surface area contributed by atoms with Gasteiger partial charge in [0.2, 0.25) is 0 Å². The van der Waals surface area contributed by atoms with Crippen molar-refractivity contribution in [1.29, 1.82) is 0 Å². The molecule has 1 rings (SSSR count). The fourth-order valence-electron chi connectivity index (χ4n) is 1.52. The smallest absolute Gasteiger partial charge is 0.407 e. The van der Waals surface area contributed by atoms with E-state index in [-0.39, 0.29) is 6.09 Å². The zero-order valence-electron chi connectivity index (χ0n) is 10.4. The van der Waals surface area contributed by atoms with Crippen molar-refractivity contribution < 1.29 is 9.53 Å². The summed E-state index contributed by atoms with van der Waals surface area (Å²) in [6.07, 6.45) is 4.29. The summed E-state index contributed by atoms with van der Waals surface area (Å²) in [6, 6.07) is 9.68. The number of alkyl carbamates (subject to hydrolysis) is 1. The number of rotatable bonds is 7. The summed E-state index contributed by atoms with van der Waals surface area (Å²) >= 11 is 0. The topological polar surface area (TPSA) is 38.3 Å². The first-order valence-electron chi connectivity index (χ1n) is 6.27. The van der Waals surface area contributed by atoms with Crippen molar-refractivity contribution in [1.82, 2.24) is 5.32 Å². The van der Waals surface area contributed by atoms with Gasteiger partial charge in [-0.15, -0.1) is 0 Å². The third-order valence-corrected chi connectivity index (χ3v) is 2.51. The molecule has 1 N–H and O–H groups in total. The number of benzene rings is 1. The molecule has 3 nitrogen and oxygen atoms in total. The fraction of sp³-hybridized carbons (Fsp3) is 0.500. The van der Waals surface area contributed by atoms with Gasteiger partial charge in [0, 0.05) is 6.54 Å². The summed E-state index contributed by atoms with van der Waals surface area (Å²) in [5.41, 5.74) is 1.01. The van der Waals surface area contributed by atoms with Crippen LogP contribution in [0.1, 0.15) is 38.2 Å². The van der Waals surface area contributed by atoms with Gasteiger partial charge in [0.1, 0.15) is 6.61 Å². The SMILES string of the molecule is CCCCCCNC(=O)OCc1ccccc1. The number of amides is 1. The number of nitrogens with one attached hydrogen (secondary N) is 1. The quantitative estimate of drug-likeness (QED) is 0.735. The van der Waals surface area contributed by atoms with E-state index in [1.165, 1.54) is 12.8 Å². The predicted molar refractivity (Wildman–Crippen MR) is 68.8 cm³/mol. The highest BCUT2D eigenvalue weighted by Gasteiger charge is 2.00. The molecule has 0 heterocycles. The van der Waals surface area contributed by atoms with Crippen LogP contribution in [0.5, 0.6) is 0 Å². The Bertz CT molecular complexity index is 311. The predicted octanol–water partition coefficient (Wildman–Crippen LogP) is 3.49. The molecular weight excluding hydrogens is 214 g/mol. The van der Waals surface area contributed by atoms with Crippen LogP contribution in [0.15, 0.2) is 30.3 Å². The van der Waals surface area contributed by atoms with Crippen molar-refractivity contribution in [3.8, 4) is 0 Å². The summed E-state index contributed by atoms with van der Waals surface area (Å²) in [7, 11) is 0. The van der Waals surface area contributed by atoms with Crippen molar-refractivity contribution in [2.45, 2.75) is 39.2 Å². The number of hydrogen-bond donors (Lipinski definition) is 1. The Labute approximate surface area is 103 Å². The summed E-state index contributed by atoms with van der Waals surface area (Å²) in [5.74, 6) is 0. The number of carbonyl (C=O) groups is 1. The average Bonchev–Trinajstić information content (AvgIpc) is 2.37. The van der Waals surface area contributed by atoms with Crippen LogP contribution < -0.4 is 5.32 Å². The molecule has 0 radical (unpaired) electrons. The number of ether oxygens (including phenoxy) is 1. The van der Waals surface area contributed by atoms with Gasteiger partial charge in [-0.2, -0.15) is 0 Å². The van der Waals surface area contributed by atoms with E-state index in [0.29, 0.717) is 13.2 Å². The van der Waals surface area contributed by atoms with Gasteiger partial charge in [0.05, 0.1) is 0 Å². The summed E-state index contributed by atoms with van der Waals surface area (Å²) in [5, 5.41) is 2.75. The van der Waals surface area contributed by atoms with Crippen molar-refractivity contribution >= 4 is 6.09 Å². The number of unbranched alkanes of at least 4 members (excludes halogenated alkanes) is 3. The maximum Gasteiger partial charge on any atom is 0.407 e. The Morgan fingerprint density at radius 1 is 1.18 bits per heavy atom. The number of carbonyl (C=O) groups excluding carboxylic acids is 1. The van der Waals surface area contributed by atoms with Crippen LogP contribution in [-0.4, -0.2) is 12.6 Å². The minimum Gasteiger partial charge on any atom is -0.445 e. The third-order valence-electron chi connectivity index (χ3n) is 2.51. The second kappa shape index (κ2) is 8.62. The van der Waals surface area contributed by atoms with Crippen LogP contribution >= 0.6 is 0 Å². The van der Waals surface area contributed by atoms with Gasteiger partial charge in [-0.3, -0.25) is 0 Å². The van der Waals surface area contributed by atoms with Gasteiger partial charge in [-0.1, -0.05) is 56.5 Å². The van der Waals surface area contributed by atoms with E-state index >= 15 is 0 Å². The van der Waals surface area contributed by atoms with E-state index in [9.17, 15) is 4.79 Å². The summed E-state index contributed by atoms with van der Waals surface area (Å²) in [4.78, 5) is 11.3. The Morgan fingerprint density at radius 2 is 1.94 bits per heavy atom. The van der Waals surface area contributed by atoms with Gasteiger partial charge in [0.25, 0.3) is 0 Å². The normalized spacial score (nSPS) is 9.94. The Kier molecular flexibility index (Phi) is 6.87. The van der Waals surface area contributed by atoms with Crippen LogP contribution in [0.2, 0.25) is 0 Å². The first-order chi connectivity index (χ1) is 8.33. The minimum absolute atomic E-state index is 0.328. The lowest BCUT2D eigenvalue weighted by atomic mass is 10.2. The first-order valence-corrected chi connectivity index (χ1v) is 6.27. The molecule has 0 aliphatic carbocycles. The molecule has 0 unspecified atom stereocenters. The van der Waals surface area contributed by atoms with Crippen LogP contribution in [-0.2, 0) is 11.3 Å². The highest BCUT2D eigenvalue weighted by molar-refractivity contribution is 5.67. The maximum atomic E-state index is 11.3. The highest BCUT2D eigenvalue weighted by Crippen LogP contribution is 2.01. The standard InChI is InChI=1S/C14H21NO2/c1-2-3-4-8-11-15-14(16)17-12-13-9-6-5-7-10-13/h5-7,9-10H,2-4,8,11-12H2,1H3,(H,15,16). The largest absolute Gasteiger partial charge is 0.445 e. The van der Waals surface area contributed by atoms with E-state index in [4.69, 9.17) is 4.74 Å². The van der Waals surface area contributed by atoms with E-state index in [0.717, 1.165) is 18.4 Å². The molecule has 0 aliphatic rings. The fourth-order valence-corrected chi connectivity index (χ4v) is 1.52. The lowest BCUT2D eigenvalue weighted by molar-refractivity contribution is 0.139. The van der Waals surface area contributed by atoms with E-state index in [1.54, 1.807) is 0 Å². The van der Waals surface area contributed by atoms with Crippen LogP contribution in [0.4, 0.5) is 4.79 Å². The molecule has 1 aromatic rings. The zero-order chi connectivity index (χ0) is 12.3.